The van der Waals surface area contributed by atoms with Crippen LogP contribution in [-0.2, 0) is 11.2 Å². The van der Waals surface area contributed by atoms with Gasteiger partial charge in [0.25, 0.3) is 5.92 Å². The van der Waals surface area contributed by atoms with Crippen LogP contribution in [0.2, 0.25) is 0 Å². The van der Waals surface area contributed by atoms with Gasteiger partial charge in [0.15, 0.2) is 0 Å². The van der Waals surface area contributed by atoms with Crippen molar-refractivity contribution < 1.29 is 19.4 Å². The molecule has 1 aromatic carbocycles. The van der Waals surface area contributed by atoms with Gasteiger partial charge in [-0.2, -0.15) is 18.8 Å². The highest BCUT2D eigenvalue weighted by molar-refractivity contribution is 7.59. The standard InChI is InChI=1S/C25H27F3N2O.C5H12.C2H6.H2S.H2/c1-6-19(30-23-16(4)21(7-2)17(15-29)12-22(23)26)10-9-11-20(31)13-18-14-25(27,28)24(18,5)8-3;1-5(2,3)4;1-2;;/h1,9-10,12,18H,7-8,11,13-14H2,2-5H3;1-4H3;1-2H3;1H2;1H/b10-9+,30-19?;;;;. The van der Waals surface area contributed by atoms with Crippen molar-refractivity contribution in [2.75, 3.05) is 0 Å². The van der Waals surface area contributed by atoms with Crippen LogP contribution in [0.25, 0.3) is 0 Å². The minimum absolute atomic E-state index is 0. The van der Waals surface area contributed by atoms with Gasteiger partial charge in [-0.1, -0.05) is 74.3 Å². The van der Waals surface area contributed by atoms with Crippen molar-refractivity contribution >= 4 is 30.7 Å². The second kappa shape index (κ2) is 16.6. The Kier molecular flexibility index (Phi) is 16.4. The molecule has 0 amide bonds. The molecule has 0 spiro atoms. The summed E-state index contributed by atoms with van der Waals surface area (Å²) in [5.41, 5.74) is 1.07. The van der Waals surface area contributed by atoms with Crippen LogP contribution in [0, 0.1) is 53.2 Å². The molecule has 220 valence electrons. The quantitative estimate of drug-likeness (QED) is 0.232. The molecule has 0 bridgehead atoms. The monoisotopic (exact) mass is 566 g/mol. The largest absolute Gasteiger partial charge is 0.299 e. The van der Waals surface area contributed by atoms with Crippen LogP contribution in [-0.4, -0.2) is 17.4 Å². The summed E-state index contributed by atoms with van der Waals surface area (Å²) in [5, 5.41) is 9.18. The number of benzene rings is 1. The van der Waals surface area contributed by atoms with Gasteiger partial charge in [0.05, 0.1) is 11.6 Å². The third kappa shape index (κ3) is 10.9. The van der Waals surface area contributed by atoms with Gasteiger partial charge >= 0.3 is 0 Å². The molecule has 0 saturated heterocycles. The van der Waals surface area contributed by atoms with Crippen LogP contribution in [0.3, 0.4) is 0 Å². The molecule has 1 fully saturated rings. The molecule has 1 aliphatic carbocycles. The summed E-state index contributed by atoms with van der Waals surface area (Å²) in [6.45, 7) is 19.5. The number of terminal acetylenes is 1. The van der Waals surface area contributed by atoms with Crippen LogP contribution in [0.4, 0.5) is 18.9 Å². The SMILES string of the molecule is C#CC(/C=C/CC(=O)CC1CC(F)(F)C1(C)CC)=Nc1c(F)cc(C#N)c(CC)c1C.CC.CC(C)(C)C.S.[HH]. The van der Waals surface area contributed by atoms with E-state index < -0.39 is 17.2 Å². The van der Waals surface area contributed by atoms with Gasteiger partial charge in [-0.25, -0.2) is 18.2 Å². The highest BCUT2D eigenvalue weighted by atomic mass is 32.1. The van der Waals surface area contributed by atoms with Crippen molar-refractivity contribution in [2.24, 2.45) is 21.7 Å². The van der Waals surface area contributed by atoms with Crippen LogP contribution >= 0.6 is 13.5 Å². The number of rotatable bonds is 8. The van der Waals surface area contributed by atoms with Gasteiger partial charge in [0.1, 0.15) is 23.0 Å². The molecule has 0 N–H and O–H groups in total. The molecule has 7 heteroatoms. The summed E-state index contributed by atoms with van der Waals surface area (Å²) in [5.74, 6) is -1.50. The molecule has 1 aromatic rings. The van der Waals surface area contributed by atoms with Crippen LogP contribution < -0.4 is 0 Å². The van der Waals surface area contributed by atoms with E-state index in [-0.39, 0.29) is 62.8 Å². The third-order valence-corrected chi connectivity index (χ3v) is 6.55. The van der Waals surface area contributed by atoms with Gasteiger partial charge in [-0.3, -0.25) is 4.79 Å². The van der Waals surface area contributed by atoms with Gasteiger partial charge in [0, 0.05) is 26.1 Å². The maximum atomic E-state index is 14.5. The first kappa shape index (κ1) is 38.6. The number of carbonyl (C=O) groups is 1. The van der Waals surface area contributed by atoms with E-state index in [2.05, 4.69) is 38.6 Å². The highest BCUT2D eigenvalue weighted by Crippen LogP contribution is 2.61. The normalized spacial score (nSPS) is 19.7. The zero-order valence-corrected chi connectivity index (χ0v) is 26.4. The molecule has 1 aliphatic rings. The summed E-state index contributed by atoms with van der Waals surface area (Å²) in [4.78, 5) is 16.5. The zero-order chi connectivity index (χ0) is 29.9. The number of Topliss-reactive ketones (excluding diaryl/α,β-unsaturated/α-hetero) is 1. The summed E-state index contributed by atoms with van der Waals surface area (Å²) >= 11 is 0. The molecular formula is C32H49F3N2OS. The van der Waals surface area contributed by atoms with Crippen molar-refractivity contribution in [2.45, 2.75) is 107 Å². The van der Waals surface area contributed by atoms with Gasteiger partial charge in [-0.05, 0) is 54.4 Å². The number of hydrogen-bond acceptors (Lipinski definition) is 3. The average Bonchev–Trinajstić information content (AvgIpc) is 2.84. The Morgan fingerprint density at radius 3 is 2.23 bits per heavy atom. The lowest BCUT2D eigenvalue weighted by atomic mass is 9.55. The fourth-order valence-corrected chi connectivity index (χ4v) is 4.18. The maximum Gasteiger partial charge on any atom is 0.253 e. The Labute approximate surface area is 243 Å². The van der Waals surface area contributed by atoms with Gasteiger partial charge in [0.2, 0.25) is 0 Å². The first-order chi connectivity index (χ1) is 17.5. The lowest BCUT2D eigenvalue weighted by molar-refractivity contribution is -0.237. The fraction of sp³-hybridized carbons (Fsp3) is 0.594. The summed E-state index contributed by atoms with van der Waals surface area (Å²) in [6.07, 6.45) is 9.20. The summed E-state index contributed by atoms with van der Waals surface area (Å²) in [7, 11) is 0. The minimum atomic E-state index is -2.73. The Bertz CT molecular complexity index is 1110. The number of aliphatic imine (C=N–C) groups is 1. The van der Waals surface area contributed by atoms with E-state index in [9.17, 15) is 23.2 Å². The number of halogens is 3. The Hall–Kier alpha value is -2.51. The molecule has 2 atom stereocenters. The summed E-state index contributed by atoms with van der Waals surface area (Å²) in [6, 6.07) is 3.13. The molecule has 3 nitrogen and oxygen atoms in total. The number of nitrogens with zero attached hydrogens (tertiary/aromatic N) is 2. The maximum absolute atomic E-state index is 14.5. The number of hydrogen-bond donors (Lipinski definition) is 0. The predicted octanol–water partition coefficient (Wildman–Crippen LogP) is 9.69. The van der Waals surface area contributed by atoms with E-state index >= 15 is 0 Å². The fourth-order valence-electron chi connectivity index (χ4n) is 4.18. The van der Waals surface area contributed by atoms with Crippen molar-refractivity contribution in [3.63, 3.8) is 0 Å². The molecular weight excluding hydrogens is 517 g/mol. The van der Waals surface area contributed by atoms with E-state index in [0.717, 1.165) is 6.07 Å². The molecule has 0 aliphatic heterocycles. The smallest absolute Gasteiger partial charge is 0.253 e. The Balaban J connectivity index is -0.00000137. The van der Waals surface area contributed by atoms with Crippen molar-refractivity contribution in [1.29, 1.82) is 5.26 Å². The van der Waals surface area contributed by atoms with E-state index in [1.807, 2.05) is 26.8 Å². The number of alkyl halides is 2. The average molecular weight is 567 g/mol. The lowest BCUT2D eigenvalue weighted by Crippen LogP contribution is -2.56. The van der Waals surface area contributed by atoms with Crippen LogP contribution in [0.5, 0.6) is 0 Å². The molecule has 0 aromatic heterocycles. The number of carbonyl (C=O) groups excluding carboxylic acids is 1. The first-order valence-corrected chi connectivity index (χ1v) is 13.4. The third-order valence-electron chi connectivity index (χ3n) is 6.55. The van der Waals surface area contributed by atoms with Crippen LogP contribution in [0.15, 0.2) is 23.2 Å². The van der Waals surface area contributed by atoms with E-state index in [1.165, 1.54) is 19.1 Å². The zero-order valence-electron chi connectivity index (χ0n) is 25.4. The van der Waals surface area contributed by atoms with E-state index in [0.29, 0.717) is 29.4 Å². The van der Waals surface area contributed by atoms with Gasteiger partial charge < -0.3 is 0 Å². The second-order valence-corrected chi connectivity index (χ2v) is 11.2. The van der Waals surface area contributed by atoms with Crippen LogP contribution in [0.1, 0.15) is 106 Å². The van der Waals surface area contributed by atoms with Gasteiger partial charge in [-0.15, -0.1) is 6.42 Å². The molecule has 39 heavy (non-hydrogen) atoms. The topological polar surface area (TPSA) is 53.2 Å². The first-order valence-electron chi connectivity index (χ1n) is 13.4. The Morgan fingerprint density at radius 2 is 1.82 bits per heavy atom. The van der Waals surface area contributed by atoms with Crippen molar-refractivity contribution in [3.05, 3.63) is 40.7 Å². The Morgan fingerprint density at radius 1 is 1.28 bits per heavy atom. The van der Waals surface area contributed by atoms with Crippen molar-refractivity contribution in [1.82, 2.24) is 0 Å². The number of nitriles is 1. The molecule has 2 rings (SSSR count). The summed E-state index contributed by atoms with van der Waals surface area (Å²) < 4.78 is 42.2. The molecule has 0 heterocycles. The highest BCUT2D eigenvalue weighted by Gasteiger charge is 2.63. The number of ketones is 1. The minimum Gasteiger partial charge on any atom is -0.299 e. The predicted molar refractivity (Wildman–Crippen MR) is 165 cm³/mol. The molecule has 0 radical (unpaired) electrons. The van der Waals surface area contributed by atoms with Crippen molar-refractivity contribution in [3.8, 4) is 18.4 Å². The number of allylic oxidation sites excluding steroid dienone is 2. The second-order valence-electron chi connectivity index (χ2n) is 11.2. The lowest BCUT2D eigenvalue weighted by Gasteiger charge is -2.53. The molecule has 2 unspecified atom stereocenters. The molecule has 1 saturated carbocycles. The van der Waals surface area contributed by atoms with E-state index in [1.54, 1.807) is 13.8 Å². The van der Waals surface area contributed by atoms with E-state index in [4.69, 9.17) is 6.42 Å².